The van der Waals surface area contributed by atoms with Gasteiger partial charge in [-0.1, -0.05) is 0 Å². The van der Waals surface area contributed by atoms with E-state index in [4.69, 9.17) is 0 Å². The Bertz CT molecular complexity index is 1090. The molecule has 144 valence electrons. The zero-order valence-electron chi connectivity index (χ0n) is 15.1. The number of nitrogens with zero attached hydrogens (tertiary/aromatic N) is 6. The second-order valence-corrected chi connectivity index (χ2v) is 8.92. The number of aryl methyl sites for hydroxylation is 1. The molecule has 0 fully saturated rings. The molecule has 2 aliphatic heterocycles. The van der Waals surface area contributed by atoms with Crippen LogP contribution in [0.4, 0.5) is 10.2 Å². The number of anilines is 1. The Hall–Kier alpha value is -2.66. The number of fused-ring (bicyclic) bond motifs is 3. The monoisotopic (exact) mass is 417 g/mol. The molecule has 3 aromatic heterocycles. The van der Waals surface area contributed by atoms with E-state index in [1.54, 1.807) is 16.8 Å². The zero-order chi connectivity index (χ0) is 19.4. The van der Waals surface area contributed by atoms with Gasteiger partial charge in [-0.2, -0.15) is 10.2 Å². The van der Waals surface area contributed by atoms with Gasteiger partial charge in [0, 0.05) is 24.6 Å². The summed E-state index contributed by atoms with van der Waals surface area (Å²) >= 11 is 3.04. The first-order valence-corrected chi connectivity index (χ1v) is 10.4. The van der Waals surface area contributed by atoms with Crippen LogP contribution in [0.25, 0.3) is 0 Å². The van der Waals surface area contributed by atoms with Crippen molar-refractivity contribution in [2.75, 3.05) is 11.9 Å². The number of carbonyl (C=O) groups excluding carboxylic acids is 1. The molecule has 0 bridgehead atoms. The van der Waals surface area contributed by atoms with Crippen LogP contribution in [0.15, 0.2) is 16.8 Å². The molecule has 0 aromatic carbocycles. The van der Waals surface area contributed by atoms with Gasteiger partial charge in [0.05, 0.1) is 34.7 Å². The molecule has 28 heavy (non-hydrogen) atoms. The van der Waals surface area contributed by atoms with Crippen LogP contribution < -0.4 is 4.90 Å². The summed E-state index contributed by atoms with van der Waals surface area (Å²) in [7, 11) is 1.87. The summed E-state index contributed by atoms with van der Waals surface area (Å²) in [5.74, 6) is 0.185. The third-order valence-corrected chi connectivity index (χ3v) is 7.02. The van der Waals surface area contributed by atoms with E-state index in [1.807, 2.05) is 25.1 Å². The Balaban J connectivity index is 1.41. The van der Waals surface area contributed by atoms with E-state index in [0.29, 0.717) is 18.7 Å². The molecule has 0 aliphatic carbocycles. The summed E-state index contributed by atoms with van der Waals surface area (Å²) in [6.07, 6.45) is 3.36. The third kappa shape index (κ3) is 2.65. The summed E-state index contributed by atoms with van der Waals surface area (Å²) in [5, 5.41) is 13.1. The van der Waals surface area contributed by atoms with E-state index in [1.165, 1.54) is 22.5 Å². The number of hydrogen-bond donors (Lipinski definition) is 1. The van der Waals surface area contributed by atoms with Crippen molar-refractivity contribution in [1.29, 1.82) is 0 Å². The van der Waals surface area contributed by atoms with E-state index < -0.39 is 0 Å². The maximum Gasteiger partial charge on any atom is 0.266 e. The van der Waals surface area contributed by atoms with E-state index in [-0.39, 0.29) is 23.7 Å². The largest absolute Gasteiger partial charge is 0.346 e. The van der Waals surface area contributed by atoms with Gasteiger partial charge in [0.25, 0.3) is 5.91 Å². The lowest BCUT2D eigenvalue weighted by atomic mass is 10.0. The van der Waals surface area contributed by atoms with Crippen LogP contribution in [-0.2, 0) is 17.8 Å². The second kappa shape index (κ2) is 6.45. The highest BCUT2D eigenvalue weighted by Crippen LogP contribution is 2.45. The molecule has 0 saturated heterocycles. The number of rotatable bonds is 4. The molecule has 3 aromatic rings. The first-order chi connectivity index (χ1) is 13.5. The quantitative estimate of drug-likeness (QED) is 0.703. The van der Waals surface area contributed by atoms with Crippen LogP contribution >= 0.6 is 22.7 Å². The first kappa shape index (κ1) is 17.4. The molecule has 2 aliphatic rings. The average Bonchev–Trinajstić information content (AvgIpc) is 3.41. The van der Waals surface area contributed by atoms with Crippen LogP contribution in [-0.4, -0.2) is 50.4 Å². The van der Waals surface area contributed by atoms with Gasteiger partial charge in [-0.25, -0.2) is 19.4 Å². The molecular weight excluding hydrogens is 401 g/mol. The molecule has 5 heterocycles. The fraction of sp³-hybridized carbons (Fsp3) is 0.353. The highest BCUT2D eigenvalue weighted by atomic mass is 32.1. The van der Waals surface area contributed by atoms with E-state index in [0.717, 1.165) is 26.3 Å². The van der Waals surface area contributed by atoms with Gasteiger partial charge in [-0.15, -0.1) is 22.7 Å². The number of halogens is 1. The highest BCUT2D eigenvalue weighted by Gasteiger charge is 2.47. The number of hydrogen-bond acceptors (Lipinski definition) is 8. The minimum absolute atomic E-state index is 0.0625. The summed E-state index contributed by atoms with van der Waals surface area (Å²) in [5.41, 5.74) is 2.98. The van der Waals surface area contributed by atoms with Crippen molar-refractivity contribution in [1.82, 2.24) is 25.2 Å². The maximum absolute atomic E-state index is 13.7. The van der Waals surface area contributed by atoms with Crippen molar-refractivity contribution in [2.24, 2.45) is 5.10 Å². The van der Waals surface area contributed by atoms with E-state index >= 15 is 0 Å². The number of aromatic amines is 1. The van der Waals surface area contributed by atoms with Crippen LogP contribution in [0, 0.1) is 12.7 Å². The molecule has 2 unspecified atom stereocenters. The van der Waals surface area contributed by atoms with Gasteiger partial charge in [0.15, 0.2) is 5.82 Å². The summed E-state index contributed by atoms with van der Waals surface area (Å²) < 4.78 is 13.7. The standard InChI is InChI=1S/C17H16FN7OS2/c1-8-12(19-7-27-8)6-25-17(26)14-9(4-21-25)15-16(24(14)2)22-13(28-15)3-11-10(18)5-20-23-11/h4-5,7,9,14H,3,6H2,1-2H3,(H,20,23). The minimum Gasteiger partial charge on any atom is -0.346 e. The molecule has 11 heteroatoms. The molecular formula is C17H16FN7OS2. The van der Waals surface area contributed by atoms with Crippen molar-refractivity contribution < 1.29 is 9.18 Å². The molecule has 1 N–H and O–H groups in total. The molecule has 8 nitrogen and oxygen atoms in total. The third-order valence-electron chi connectivity index (χ3n) is 5.08. The predicted molar refractivity (Wildman–Crippen MR) is 104 cm³/mol. The lowest BCUT2D eigenvalue weighted by Crippen LogP contribution is -2.49. The number of H-pyrrole nitrogens is 1. The lowest BCUT2D eigenvalue weighted by Gasteiger charge is -2.31. The molecule has 5 rings (SSSR count). The predicted octanol–water partition coefficient (Wildman–Crippen LogP) is 2.29. The Labute approximate surface area is 167 Å². The van der Waals surface area contributed by atoms with Crippen LogP contribution in [0.5, 0.6) is 0 Å². The van der Waals surface area contributed by atoms with E-state index in [2.05, 4.69) is 25.3 Å². The normalized spacial score (nSPS) is 20.8. The first-order valence-electron chi connectivity index (χ1n) is 8.68. The van der Waals surface area contributed by atoms with Gasteiger partial charge in [0.2, 0.25) is 0 Å². The number of aromatic nitrogens is 4. The molecule has 0 radical (unpaired) electrons. The van der Waals surface area contributed by atoms with Gasteiger partial charge in [-0.05, 0) is 6.92 Å². The fourth-order valence-electron chi connectivity index (χ4n) is 3.57. The molecule has 0 spiro atoms. The van der Waals surface area contributed by atoms with Gasteiger partial charge < -0.3 is 4.90 Å². The van der Waals surface area contributed by atoms with Crippen molar-refractivity contribution in [2.45, 2.75) is 31.8 Å². The van der Waals surface area contributed by atoms with Crippen LogP contribution in [0.2, 0.25) is 0 Å². The molecule has 1 amide bonds. The molecule has 0 saturated carbocycles. The summed E-state index contributed by atoms with van der Waals surface area (Å²) in [6, 6.07) is -0.360. The van der Waals surface area contributed by atoms with Crippen molar-refractivity contribution in [3.05, 3.63) is 43.7 Å². The zero-order valence-corrected chi connectivity index (χ0v) is 16.7. The van der Waals surface area contributed by atoms with Crippen molar-refractivity contribution in [3.8, 4) is 0 Å². The number of hydrazone groups is 1. The topological polar surface area (TPSA) is 90.4 Å². The lowest BCUT2D eigenvalue weighted by molar-refractivity contribution is -0.134. The minimum atomic E-state index is -0.371. The maximum atomic E-state index is 13.7. The smallest absolute Gasteiger partial charge is 0.266 e. The number of amides is 1. The average molecular weight is 417 g/mol. The SMILES string of the molecule is Cc1scnc1CN1N=CC2c3sc(Cc4n[nH]cc4F)nc3N(C)C2C1=O. The van der Waals surface area contributed by atoms with E-state index in [9.17, 15) is 9.18 Å². The Kier molecular flexibility index (Phi) is 4.02. The van der Waals surface area contributed by atoms with Crippen LogP contribution in [0.3, 0.4) is 0 Å². The Morgan fingerprint density at radius 2 is 2.21 bits per heavy atom. The van der Waals surface area contributed by atoms with Crippen LogP contribution in [0.1, 0.15) is 32.1 Å². The van der Waals surface area contributed by atoms with Crippen molar-refractivity contribution in [3.63, 3.8) is 0 Å². The fourth-order valence-corrected chi connectivity index (χ4v) is 5.36. The number of thiazole rings is 2. The second-order valence-electron chi connectivity index (χ2n) is 6.75. The van der Waals surface area contributed by atoms with Crippen molar-refractivity contribution >= 4 is 40.6 Å². The molecule has 2 atom stereocenters. The highest BCUT2D eigenvalue weighted by molar-refractivity contribution is 7.12. The summed E-state index contributed by atoms with van der Waals surface area (Å²) in [4.78, 5) is 26.0. The number of carbonyl (C=O) groups is 1. The van der Waals surface area contributed by atoms with Gasteiger partial charge in [-0.3, -0.25) is 9.89 Å². The van der Waals surface area contributed by atoms with Gasteiger partial charge in [0.1, 0.15) is 22.6 Å². The number of likely N-dealkylation sites (N-methyl/N-ethyl adjacent to an activating group) is 1. The summed E-state index contributed by atoms with van der Waals surface area (Å²) in [6.45, 7) is 2.35. The Morgan fingerprint density at radius 3 is 2.93 bits per heavy atom. The Morgan fingerprint density at radius 1 is 1.36 bits per heavy atom. The number of nitrogens with one attached hydrogen (secondary N) is 1. The van der Waals surface area contributed by atoms with Gasteiger partial charge >= 0.3 is 0 Å².